The first-order valence-corrected chi connectivity index (χ1v) is 5.83. The van der Waals surface area contributed by atoms with Crippen LogP contribution in [0.3, 0.4) is 0 Å². The average molecular weight is 249 g/mol. The highest BCUT2D eigenvalue weighted by Crippen LogP contribution is 2.12. The molecule has 0 aliphatic heterocycles. The summed E-state index contributed by atoms with van der Waals surface area (Å²) in [6, 6.07) is 5.16. The van der Waals surface area contributed by atoms with E-state index in [2.05, 4.69) is 5.32 Å². The number of carbonyl (C=O) groups excluding carboxylic acids is 2. The number of nitrogen functional groups attached to an aromatic ring is 1. The van der Waals surface area contributed by atoms with Gasteiger partial charge in [-0.3, -0.25) is 9.59 Å². The quantitative estimate of drug-likeness (QED) is 0.774. The second-order valence-corrected chi connectivity index (χ2v) is 4.25. The average Bonchev–Trinajstić information content (AvgIpc) is 2.26. The van der Waals surface area contributed by atoms with Crippen LogP contribution in [0.4, 0.5) is 5.69 Å². The van der Waals surface area contributed by atoms with Gasteiger partial charge in [0.15, 0.2) is 0 Å². The van der Waals surface area contributed by atoms with Crippen molar-refractivity contribution in [2.24, 2.45) is 0 Å². The Bertz CT molecular complexity index is 437. The van der Waals surface area contributed by atoms with Crippen molar-refractivity contribution in [3.63, 3.8) is 0 Å². The SMILES string of the molecule is CCNC(=O)CN(C)C(=O)c1cc(C)cc(N)c1. The Hall–Kier alpha value is -2.04. The molecule has 18 heavy (non-hydrogen) atoms. The van der Waals surface area contributed by atoms with Crippen molar-refractivity contribution in [3.05, 3.63) is 29.3 Å². The van der Waals surface area contributed by atoms with E-state index in [0.717, 1.165) is 5.56 Å². The van der Waals surface area contributed by atoms with Gasteiger partial charge in [0.25, 0.3) is 5.91 Å². The fraction of sp³-hybridized carbons (Fsp3) is 0.385. The summed E-state index contributed by atoms with van der Waals surface area (Å²) in [6.45, 7) is 4.30. The number of aryl methyl sites for hydroxylation is 1. The largest absolute Gasteiger partial charge is 0.399 e. The second-order valence-electron chi connectivity index (χ2n) is 4.25. The summed E-state index contributed by atoms with van der Waals surface area (Å²) in [5.41, 5.74) is 7.66. The number of likely N-dealkylation sites (N-methyl/N-ethyl adjacent to an activating group) is 2. The van der Waals surface area contributed by atoms with Crippen LogP contribution < -0.4 is 11.1 Å². The molecule has 0 aliphatic carbocycles. The summed E-state index contributed by atoms with van der Waals surface area (Å²) in [5, 5.41) is 2.65. The maximum Gasteiger partial charge on any atom is 0.254 e. The summed E-state index contributed by atoms with van der Waals surface area (Å²) in [4.78, 5) is 24.8. The Labute approximate surface area is 107 Å². The Kier molecular flexibility index (Phi) is 4.71. The van der Waals surface area contributed by atoms with E-state index in [9.17, 15) is 9.59 Å². The van der Waals surface area contributed by atoms with Gasteiger partial charge in [0, 0.05) is 24.8 Å². The van der Waals surface area contributed by atoms with E-state index in [0.29, 0.717) is 17.8 Å². The van der Waals surface area contributed by atoms with Gasteiger partial charge < -0.3 is 16.0 Å². The van der Waals surface area contributed by atoms with Crippen molar-refractivity contribution in [1.82, 2.24) is 10.2 Å². The van der Waals surface area contributed by atoms with Gasteiger partial charge in [-0.15, -0.1) is 0 Å². The van der Waals surface area contributed by atoms with Crippen LogP contribution in [-0.2, 0) is 4.79 Å². The van der Waals surface area contributed by atoms with Crippen LogP contribution in [-0.4, -0.2) is 36.9 Å². The molecular formula is C13H19N3O2. The molecule has 0 aliphatic rings. The van der Waals surface area contributed by atoms with Crippen molar-refractivity contribution < 1.29 is 9.59 Å². The number of rotatable bonds is 4. The third-order valence-corrected chi connectivity index (χ3v) is 2.45. The molecule has 1 aromatic rings. The molecule has 0 radical (unpaired) electrons. The van der Waals surface area contributed by atoms with Crippen LogP contribution >= 0.6 is 0 Å². The fourth-order valence-electron chi connectivity index (χ4n) is 1.70. The molecule has 1 aromatic carbocycles. The normalized spacial score (nSPS) is 9.94. The maximum absolute atomic E-state index is 12.1. The smallest absolute Gasteiger partial charge is 0.254 e. The third kappa shape index (κ3) is 3.76. The van der Waals surface area contributed by atoms with E-state index < -0.39 is 0 Å². The highest BCUT2D eigenvalue weighted by Gasteiger charge is 2.15. The molecule has 98 valence electrons. The van der Waals surface area contributed by atoms with Gasteiger partial charge in [0.05, 0.1) is 6.54 Å². The third-order valence-electron chi connectivity index (χ3n) is 2.45. The Morgan fingerprint density at radius 1 is 1.33 bits per heavy atom. The van der Waals surface area contributed by atoms with Gasteiger partial charge >= 0.3 is 0 Å². The van der Waals surface area contributed by atoms with Crippen LogP contribution in [0.25, 0.3) is 0 Å². The molecule has 2 amide bonds. The van der Waals surface area contributed by atoms with Crippen molar-refractivity contribution in [3.8, 4) is 0 Å². The number of anilines is 1. The lowest BCUT2D eigenvalue weighted by Gasteiger charge is -2.17. The van der Waals surface area contributed by atoms with Crippen molar-refractivity contribution in [2.75, 3.05) is 25.9 Å². The van der Waals surface area contributed by atoms with E-state index in [4.69, 9.17) is 5.73 Å². The Morgan fingerprint density at radius 2 is 2.00 bits per heavy atom. The lowest BCUT2D eigenvalue weighted by molar-refractivity contribution is -0.121. The topological polar surface area (TPSA) is 75.4 Å². The molecule has 0 saturated carbocycles. The number of nitrogens with zero attached hydrogens (tertiary/aromatic N) is 1. The Balaban J connectivity index is 2.77. The van der Waals surface area contributed by atoms with E-state index in [1.54, 1.807) is 25.2 Å². The fourth-order valence-corrected chi connectivity index (χ4v) is 1.70. The first-order valence-electron chi connectivity index (χ1n) is 5.83. The minimum Gasteiger partial charge on any atom is -0.399 e. The number of nitrogens with two attached hydrogens (primary N) is 1. The molecule has 0 fully saturated rings. The van der Waals surface area contributed by atoms with Crippen molar-refractivity contribution in [1.29, 1.82) is 0 Å². The monoisotopic (exact) mass is 249 g/mol. The predicted octanol–water partition coefficient (Wildman–Crippen LogP) is 0.785. The van der Waals surface area contributed by atoms with E-state index in [-0.39, 0.29) is 18.4 Å². The lowest BCUT2D eigenvalue weighted by atomic mass is 10.1. The number of hydrogen-bond donors (Lipinski definition) is 2. The van der Waals surface area contributed by atoms with Gasteiger partial charge in [-0.05, 0) is 37.6 Å². The van der Waals surface area contributed by atoms with Gasteiger partial charge in [0.2, 0.25) is 5.91 Å². The first kappa shape index (κ1) is 14.0. The molecule has 0 saturated heterocycles. The minimum atomic E-state index is -0.211. The van der Waals surface area contributed by atoms with Gasteiger partial charge in [-0.1, -0.05) is 0 Å². The molecule has 0 spiro atoms. The molecular weight excluding hydrogens is 230 g/mol. The number of carbonyl (C=O) groups is 2. The predicted molar refractivity (Wildman–Crippen MR) is 71.2 cm³/mol. The van der Waals surface area contributed by atoms with Crippen LogP contribution in [0.1, 0.15) is 22.8 Å². The van der Waals surface area contributed by atoms with Gasteiger partial charge in [0.1, 0.15) is 0 Å². The maximum atomic E-state index is 12.1. The summed E-state index contributed by atoms with van der Waals surface area (Å²) in [7, 11) is 1.59. The standard InChI is InChI=1S/C13H19N3O2/c1-4-15-12(17)8-16(3)13(18)10-5-9(2)6-11(14)7-10/h5-7H,4,8,14H2,1-3H3,(H,15,17). The number of hydrogen-bond acceptors (Lipinski definition) is 3. The number of nitrogens with one attached hydrogen (secondary N) is 1. The summed E-state index contributed by atoms with van der Waals surface area (Å²) < 4.78 is 0. The van der Waals surface area contributed by atoms with Crippen molar-refractivity contribution in [2.45, 2.75) is 13.8 Å². The lowest BCUT2D eigenvalue weighted by Crippen LogP contribution is -2.38. The molecule has 5 heteroatoms. The summed E-state index contributed by atoms with van der Waals surface area (Å²) in [5.74, 6) is -0.384. The molecule has 0 unspecified atom stereocenters. The minimum absolute atomic E-state index is 0.0422. The van der Waals surface area contributed by atoms with E-state index in [1.807, 2.05) is 13.8 Å². The molecule has 5 nitrogen and oxygen atoms in total. The molecule has 1 rings (SSSR count). The zero-order valence-electron chi connectivity index (χ0n) is 11.0. The zero-order valence-corrected chi connectivity index (χ0v) is 11.0. The highest BCUT2D eigenvalue weighted by atomic mass is 16.2. The van der Waals surface area contributed by atoms with Gasteiger partial charge in [-0.2, -0.15) is 0 Å². The number of amides is 2. The zero-order chi connectivity index (χ0) is 13.7. The first-order chi connectivity index (χ1) is 8.43. The van der Waals surface area contributed by atoms with E-state index in [1.165, 1.54) is 4.90 Å². The molecule has 0 atom stereocenters. The molecule has 0 heterocycles. The molecule has 3 N–H and O–H groups in total. The highest BCUT2D eigenvalue weighted by molar-refractivity contribution is 5.97. The van der Waals surface area contributed by atoms with Crippen LogP contribution in [0.5, 0.6) is 0 Å². The molecule has 0 bridgehead atoms. The summed E-state index contributed by atoms with van der Waals surface area (Å²) >= 11 is 0. The second kappa shape index (κ2) is 6.05. The van der Waals surface area contributed by atoms with Gasteiger partial charge in [-0.25, -0.2) is 0 Å². The summed E-state index contributed by atoms with van der Waals surface area (Å²) in [6.07, 6.45) is 0. The van der Waals surface area contributed by atoms with E-state index >= 15 is 0 Å². The van der Waals surface area contributed by atoms with Crippen LogP contribution in [0, 0.1) is 6.92 Å². The molecule has 0 aromatic heterocycles. The Morgan fingerprint density at radius 3 is 2.56 bits per heavy atom. The number of benzene rings is 1. The van der Waals surface area contributed by atoms with Crippen molar-refractivity contribution >= 4 is 17.5 Å². The van der Waals surface area contributed by atoms with Crippen LogP contribution in [0.2, 0.25) is 0 Å². The van der Waals surface area contributed by atoms with Crippen LogP contribution in [0.15, 0.2) is 18.2 Å².